The third kappa shape index (κ3) is 29.5. The number of alkyl carbamates (subject to hydrolysis) is 1. The quantitative estimate of drug-likeness (QED) is 0.0155. The van der Waals surface area contributed by atoms with Crippen LogP contribution in [-0.2, 0) is 51.3 Å². The van der Waals surface area contributed by atoms with Crippen LogP contribution < -0.4 is 5.32 Å². The van der Waals surface area contributed by atoms with Gasteiger partial charge in [0.2, 0.25) is 10.1 Å². The number of unbranched alkanes of at least 4 members (excludes halogenated alkanes) is 12. The number of phosphoric ester groups is 1. The topological polar surface area (TPSA) is 156 Å². The summed E-state index contributed by atoms with van der Waals surface area (Å²) in [6.07, 6.45) is 22.5. The van der Waals surface area contributed by atoms with E-state index in [1.165, 1.54) is 50.2 Å². The molecule has 1 rings (SSSR count). The summed E-state index contributed by atoms with van der Waals surface area (Å²) in [6.45, 7) is 15.9. The van der Waals surface area contributed by atoms with Crippen molar-refractivity contribution >= 4 is 54.9 Å². The van der Waals surface area contributed by atoms with Crippen molar-refractivity contribution in [2.75, 3.05) is 46.2 Å². The summed E-state index contributed by atoms with van der Waals surface area (Å²) in [5.41, 5.74) is 0. The van der Waals surface area contributed by atoms with Crippen LogP contribution in [0.25, 0.3) is 0 Å². The fraction of sp³-hybridized carbons (Fsp3) is 0.739. The summed E-state index contributed by atoms with van der Waals surface area (Å²) in [6, 6.07) is -1.25. The first-order valence-electron chi connectivity index (χ1n) is 22.9. The van der Waals surface area contributed by atoms with Gasteiger partial charge in [0.05, 0.1) is 25.6 Å². The molecule has 0 spiro atoms. The molecule has 18 heteroatoms. The van der Waals surface area contributed by atoms with E-state index in [1.54, 1.807) is 13.0 Å². The second-order valence-corrected chi connectivity index (χ2v) is 19.3. The number of allylic oxidation sites excluding steroid dienone is 3. The highest BCUT2D eigenvalue weighted by Crippen LogP contribution is 2.52. The van der Waals surface area contributed by atoms with Crippen molar-refractivity contribution in [1.82, 2.24) is 5.32 Å². The molecule has 0 aromatic carbocycles. The number of alkyl halides is 3. The van der Waals surface area contributed by atoms with Crippen LogP contribution in [0.15, 0.2) is 62.5 Å². The number of hydrogen-bond donors (Lipinski definition) is 1. The molecule has 1 saturated heterocycles. The lowest BCUT2D eigenvalue weighted by Gasteiger charge is -2.45. The van der Waals surface area contributed by atoms with Crippen LogP contribution in [0.4, 0.5) is 9.59 Å². The summed E-state index contributed by atoms with van der Waals surface area (Å²) in [5, 5.41) is 2.68. The Labute approximate surface area is 398 Å². The number of carbonyl (C=O) groups is 2. The lowest BCUT2D eigenvalue weighted by molar-refractivity contribution is -0.261. The van der Waals surface area contributed by atoms with E-state index >= 15 is 0 Å². The van der Waals surface area contributed by atoms with Crippen molar-refractivity contribution in [2.45, 2.75) is 170 Å². The molecule has 1 amide bonds. The molecule has 1 N–H and O–H groups in total. The predicted octanol–water partition coefficient (Wildman–Crippen LogP) is 13.0. The summed E-state index contributed by atoms with van der Waals surface area (Å²) >= 11 is 17.6. The lowest BCUT2D eigenvalue weighted by atomic mass is 9.96. The van der Waals surface area contributed by atoms with Gasteiger partial charge in [-0.2, -0.15) is 0 Å². The molecular weight excluding hydrogens is 912 g/mol. The van der Waals surface area contributed by atoms with E-state index in [2.05, 4.69) is 51.1 Å². The highest BCUT2D eigenvalue weighted by molar-refractivity contribution is 7.48. The number of ether oxygens (including phenoxy) is 7. The number of halogens is 3. The smallest absolute Gasteiger partial charge is 0.471 e. The third-order valence-corrected chi connectivity index (χ3v) is 11.4. The number of rotatable bonds is 39. The zero-order valence-electron chi connectivity index (χ0n) is 38.5. The summed E-state index contributed by atoms with van der Waals surface area (Å²) in [4.78, 5) is 25.8. The van der Waals surface area contributed by atoms with Crippen LogP contribution in [0.5, 0.6) is 0 Å². The minimum atomic E-state index is -4.48. The van der Waals surface area contributed by atoms with Gasteiger partial charge >= 0.3 is 20.1 Å². The Morgan fingerprint density at radius 2 is 1.38 bits per heavy atom. The molecule has 1 aliphatic heterocycles. The van der Waals surface area contributed by atoms with Gasteiger partial charge in [0.25, 0.3) is 0 Å². The van der Waals surface area contributed by atoms with Gasteiger partial charge in [-0.25, -0.2) is 14.2 Å². The van der Waals surface area contributed by atoms with Crippen LogP contribution in [0, 0.1) is 0 Å². The van der Waals surface area contributed by atoms with Crippen LogP contribution in [0.1, 0.15) is 130 Å². The van der Waals surface area contributed by atoms with Crippen LogP contribution in [0.2, 0.25) is 0 Å². The second-order valence-electron chi connectivity index (χ2n) is 15.2. The molecule has 14 nitrogen and oxygen atoms in total. The van der Waals surface area contributed by atoms with Crippen LogP contribution in [-0.4, -0.2) is 99.0 Å². The Bertz CT molecular complexity index is 1350. The maximum atomic E-state index is 14.2. The largest absolute Gasteiger partial charge is 0.508 e. The van der Waals surface area contributed by atoms with E-state index in [4.69, 9.17) is 81.5 Å². The highest BCUT2D eigenvalue weighted by atomic mass is 35.6. The van der Waals surface area contributed by atoms with Crippen molar-refractivity contribution in [1.29, 1.82) is 0 Å². The predicted molar refractivity (Wildman–Crippen MR) is 254 cm³/mol. The van der Waals surface area contributed by atoms with Crippen molar-refractivity contribution in [3.63, 3.8) is 0 Å². The fourth-order valence-electron chi connectivity index (χ4n) is 6.48. The summed E-state index contributed by atoms with van der Waals surface area (Å²) < 4.78 is 70.4. The Kier molecular flexibility index (Phi) is 35.5. The molecule has 0 unspecified atom stereocenters. The minimum absolute atomic E-state index is 0.0763. The summed E-state index contributed by atoms with van der Waals surface area (Å²) in [7, 11) is -4.48. The first kappa shape index (κ1) is 59.9. The van der Waals surface area contributed by atoms with E-state index in [9.17, 15) is 14.2 Å². The third-order valence-electron chi connectivity index (χ3n) is 9.67. The van der Waals surface area contributed by atoms with E-state index < -0.39 is 67.7 Å². The van der Waals surface area contributed by atoms with Crippen molar-refractivity contribution in [2.24, 2.45) is 0 Å². The SMILES string of the molecule is C=CCOC(=O)OC[C@H]1O[C@@H](OC=CC)[C@H](NC(=O)OCC(Cl)(Cl)Cl)[C@@H](OCC[C@@H](CCCCCCC)OCCCCCC/C=C\CCCCCC)[C@@H]1OP(=O)(OCC=C)OCC=C. The summed E-state index contributed by atoms with van der Waals surface area (Å²) in [5.74, 6) is 0. The van der Waals surface area contributed by atoms with E-state index in [1.807, 2.05) is 0 Å². The molecular formula is C46H77Cl3NO13P. The zero-order chi connectivity index (χ0) is 47.3. The minimum Gasteiger partial charge on any atom is -0.471 e. The average Bonchev–Trinajstić information content (AvgIpc) is 3.27. The van der Waals surface area contributed by atoms with Gasteiger partial charge in [-0.05, 0) is 51.9 Å². The standard InChI is InChI=1S/C46H77Cl3NO13P/c1-7-13-15-17-18-19-20-21-22-23-25-27-34-54-38(28-26-24-16-14-8-2)29-35-55-42-40(50-44(51)59-37-46(47,48)49)43(56-30-9-3)62-39(36-58-45(52)57-31-10-4)41(42)63-64(53,60-32-11-5)61-33-12-6/h9-12,19-20,30,38-43H,4-8,13-18,21-29,31-37H2,1-3H3,(H,50,51)/b20-19-,30-9?/t38-,39-,40-,41-,42-,43-/m1/s1. The van der Waals surface area contributed by atoms with Gasteiger partial charge in [-0.1, -0.05) is 156 Å². The van der Waals surface area contributed by atoms with Crippen LogP contribution in [0.3, 0.4) is 0 Å². The maximum Gasteiger partial charge on any atom is 0.508 e. The van der Waals surface area contributed by atoms with Gasteiger partial charge < -0.3 is 38.5 Å². The highest BCUT2D eigenvalue weighted by Gasteiger charge is 2.53. The number of nitrogens with one attached hydrogen (secondary N) is 1. The number of hydrogen-bond acceptors (Lipinski definition) is 13. The molecule has 0 aromatic heterocycles. The molecule has 0 aliphatic carbocycles. The molecule has 1 aliphatic rings. The molecule has 0 aromatic rings. The second kappa shape index (κ2) is 37.9. The Morgan fingerprint density at radius 3 is 1.98 bits per heavy atom. The van der Waals surface area contributed by atoms with E-state index in [0.29, 0.717) is 13.0 Å². The molecule has 64 heavy (non-hydrogen) atoms. The maximum absolute atomic E-state index is 14.2. The Morgan fingerprint density at radius 1 is 0.766 bits per heavy atom. The molecule has 6 atom stereocenters. The van der Waals surface area contributed by atoms with Crippen molar-refractivity contribution in [3.05, 3.63) is 62.5 Å². The van der Waals surface area contributed by atoms with Gasteiger partial charge in [0.15, 0.2) is 0 Å². The van der Waals surface area contributed by atoms with E-state index in [0.717, 1.165) is 77.0 Å². The zero-order valence-corrected chi connectivity index (χ0v) is 41.6. The molecule has 370 valence electrons. The van der Waals surface area contributed by atoms with E-state index in [-0.39, 0.29) is 32.5 Å². The van der Waals surface area contributed by atoms with Crippen molar-refractivity contribution < 1.29 is 60.9 Å². The molecule has 0 bridgehead atoms. The normalized spacial score (nSPS) is 19.6. The van der Waals surface area contributed by atoms with Gasteiger partial charge in [-0.3, -0.25) is 13.6 Å². The van der Waals surface area contributed by atoms with Gasteiger partial charge in [-0.15, -0.1) is 13.2 Å². The lowest BCUT2D eigenvalue weighted by Crippen LogP contribution is -2.66. The van der Waals surface area contributed by atoms with Gasteiger partial charge in [0, 0.05) is 13.2 Å². The fourth-order valence-corrected chi connectivity index (χ4v) is 7.97. The van der Waals surface area contributed by atoms with Crippen LogP contribution >= 0.6 is 42.6 Å². The molecule has 0 saturated carbocycles. The number of amides is 1. The van der Waals surface area contributed by atoms with Crippen molar-refractivity contribution in [3.8, 4) is 0 Å². The molecule has 1 heterocycles. The molecule has 0 radical (unpaired) electrons. The number of carbonyl (C=O) groups excluding carboxylic acids is 2. The Hall–Kier alpha value is -2.10. The average molecular weight is 989 g/mol. The molecule has 1 fully saturated rings. The Balaban J connectivity index is 3.43. The number of phosphoric acid groups is 1. The first-order valence-corrected chi connectivity index (χ1v) is 25.5. The first-order chi connectivity index (χ1) is 30.9. The van der Waals surface area contributed by atoms with Gasteiger partial charge in [0.1, 0.15) is 44.2 Å². The monoisotopic (exact) mass is 987 g/mol.